The van der Waals surface area contributed by atoms with Crippen LogP contribution in [0.25, 0.3) is 22.7 Å². The highest BCUT2D eigenvalue weighted by Gasteiger charge is 2.22. The van der Waals surface area contributed by atoms with Crippen LogP contribution >= 0.6 is 0 Å². The fourth-order valence-electron chi connectivity index (χ4n) is 4.28. The van der Waals surface area contributed by atoms with E-state index < -0.39 is 18.1 Å². The predicted octanol–water partition coefficient (Wildman–Crippen LogP) is 4.24. The number of piperidine rings is 1. The number of carbonyl (C=O) groups excluding carboxylic acids is 1. The molecule has 4 aromatic rings. The van der Waals surface area contributed by atoms with Crippen molar-refractivity contribution in [2.45, 2.75) is 38.7 Å². The molecule has 0 aliphatic carbocycles. The first-order chi connectivity index (χ1) is 17.4. The summed E-state index contributed by atoms with van der Waals surface area (Å²) in [5, 5.41) is 15.1. The Labute approximate surface area is 204 Å². The zero-order chi connectivity index (χ0) is 25.2. The van der Waals surface area contributed by atoms with E-state index in [4.69, 9.17) is 4.42 Å². The van der Waals surface area contributed by atoms with Crippen molar-refractivity contribution >= 4 is 5.91 Å². The number of halogens is 3. The summed E-state index contributed by atoms with van der Waals surface area (Å²) < 4.78 is 46.3. The summed E-state index contributed by atoms with van der Waals surface area (Å²) in [5.41, 5.74) is 2.91. The number of likely N-dealkylation sites (tertiary alicyclic amines) is 1. The first-order valence-electron chi connectivity index (χ1n) is 11.4. The van der Waals surface area contributed by atoms with Crippen LogP contribution in [0.2, 0.25) is 0 Å². The lowest BCUT2D eigenvalue weighted by Crippen LogP contribution is -2.36. The number of rotatable bonds is 6. The molecule has 0 atom stereocenters. The molecule has 0 N–H and O–H groups in total. The van der Waals surface area contributed by atoms with E-state index in [-0.39, 0.29) is 29.6 Å². The van der Waals surface area contributed by atoms with Gasteiger partial charge in [-0.2, -0.15) is 8.78 Å². The number of hydrogen-bond donors (Lipinski definition) is 0. The Kier molecular flexibility index (Phi) is 6.49. The quantitative estimate of drug-likeness (QED) is 0.393. The number of alkyl halides is 2. The van der Waals surface area contributed by atoms with E-state index in [1.165, 1.54) is 16.4 Å². The van der Waals surface area contributed by atoms with Gasteiger partial charge >= 0.3 is 6.43 Å². The second-order valence-electron chi connectivity index (χ2n) is 8.61. The minimum absolute atomic E-state index is 0.0222. The van der Waals surface area contributed by atoms with Gasteiger partial charge in [-0.3, -0.25) is 9.78 Å². The van der Waals surface area contributed by atoms with Crippen LogP contribution in [0.3, 0.4) is 0 Å². The van der Waals surface area contributed by atoms with Crippen LogP contribution in [-0.4, -0.2) is 54.1 Å². The summed E-state index contributed by atoms with van der Waals surface area (Å²) in [4.78, 5) is 17.5. The van der Waals surface area contributed by atoms with E-state index >= 15 is 0 Å². The number of aromatic nitrogens is 6. The Morgan fingerprint density at radius 1 is 1.14 bits per heavy atom. The normalized spacial score (nSPS) is 14.5. The minimum Gasteiger partial charge on any atom is -0.415 e. The molecule has 0 spiro atoms. The van der Waals surface area contributed by atoms with Crippen molar-refractivity contribution in [3.05, 3.63) is 65.7 Å². The molecular formula is C24H22F3N7O2. The van der Waals surface area contributed by atoms with Gasteiger partial charge in [-0.1, -0.05) is 23.4 Å². The smallest absolute Gasteiger partial charge is 0.314 e. The highest BCUT2D eigenvalue weighted by atomic mass is 19.3. The topological polar surface area (TPSA) is 103 Å². The Morgan fingerprint density at radius 2 is 1.94 bits per heavy atom. The van der Waals surface area contributed by atoms with Crippen molar-refractivity contribution in [3.8, 4) is 22.7 Å². The Morgan fingerprint density at radius 3 is 2.64 bits per heavy atom. The molecule has 1 fully saturated rings. The van der Waals surface area contributed by atoms with Crippen LogP contribution in [-0.2, 0) is 11.3 Å². The molecule has 4 heterocycles. The van der Waals surface area contributed by atoms with Gasteiger partial charge in [-0.25, -0.2) is 9.07 Å². The van der Waals surface area contributed by atoms with Crippen molar-refractivity contribution in [1.29, 1.82) is 0 Å². The van der Waals surface area contributed by atoms with E-state index in [2.05, 4.69) is 37.6 Å². The molecule has 1 aliphatic heterocycles. The van der Waals surface area contributed by atoms with Gasteiger partial charge in [0.25, 0.3) is 5.89 Å². The monoisotopic (exact) mass is 497 g/mol. The van der Waals surface area contributed by atoms with Crippen LogP contribution in [0.5, 0.6) is 0 Å². The van der Waals surface area contributed by atoms with Gasteiger partial charge in [0.1, 0.15) is 11.5 Å². The zero-order valence-corrected chi connectivity index (χ0v) is 19.3. The van der Waals surface area contributed by atoms with Gasteiger partial charge in [-0.05, 0) is 36.5 Å². The molecule has 5 rings (SSSR count). The zero-order valence-electron chi connectivity index (χ0n) is 19.3. The lowest BCUT2D eigenvalue weighted by molar-refractivity contribution is -0.129. The Bertz CT molecular complexity index is 1380. The van der Waals surface area contributed by atoms with Gasteiger partial charge < -0.3 is 9.32 Å². The van der Waals surface area contributed by atoms with E-state index in [0.717, 1.165) is 37.6 Å². The third-order valence-corrected chi connectivity index (χ3v) is 6.24. The third-order valence-electron chi connectivity index (χ3n) is 6.24. The summed E-state index contributed by atoms with van der Waals surface area (Å²) in [6, 6.07) is 9.17. The first-order valence-corrected chi connectivity index (χ1v) is 11.4. The van der Waals surface area contributed by atoms with E-state index in [1.807, 2.05) is 17.0 Å². The van der Waals surface area contributed by atoms with Crippen molar-refractivity contribution in [3.63, 3.8) is 0 Å². The van der Waals surface area contributed by atoms with E-state index in [9.17, 15) is 18.0 Å². The molecule has 3 aromatic heterocycles. The van der Waals surface area contributed by atoms with Crippen molar-refractivity contribution in [2.75, 3.05) is 13.1 Å². The van der Waals surface area contributed by atoms with Crippen molar-refractivity contribution < 1.29 is 22.4 Å². The molecule has 1 aliphatic rings. The average molecular weight is 497 g/mol. The van der Waals surface area contributed by atoms with Gasteiger partial charge in [0, 0.05) is 31.8 Å². The predicted molar refractivity (Wildman–Crippen MR) is 121 cm³/mol. The minimum atomic E-state index is -2.91. The maximum absolute atomic E-state index is 14.7. The van der Waals surface area contributed by atoms with Crippen LogP contribution in [0.4, 0.5) is 13.2 Å². The summed E-state index contributed by atoms with van der Waals surface area (Å²) >= 11 is 0. The van der Waals surface area contributed by atoms with Gasteiger partial charge in [-0.15, -0.1) is 15.3 Å². The van der Waals surface area contributed by atoms with Crippen molar-refractivity contribution in [2.24, 2.45) is 0 Å². The summed E-state index contributed by atoms with van der Waals surface area (Å²) in [5.74, 6) is -1.27. The molecule has 12 heteroatoms. The Hall–Kier alpha value is -4.09. The number of pyridine rings is 1. The highest BCUT2D eigenvalue weighted by molar-refractivity contribution is 5.73. The standard InChI is InChI=1S/C24H22F3N7O2/c1-14(35)33-7-5-15(6-8-33)16-3-2-4-17(9-16)20-12-34(32-29-20)13-21-19(25)10-18(11-28-21)23-30-31-24(36-23)22(26)27/h2-4,9-12,15,22H,5-8,13H2,1H3. The molecule has 1 aromatic carbocycles. The number of carbonyl (C=O) groups is 1. The lowest BCUT2D eigenvalue weighted by Gasteiger charge is -2.31. The Balaban J connectivity index is 1.28. The van der Waals surface area contributed by atoms with Gasteiger partial charge in [0.05, 0.1) is 24.0 Å². The maximum atomic E-state index is 14.7. The van der Waals surface area contributed by atoms with Gasteiger partial charge in [0.2, 0.25) is 11.8 Å². The van der Waals surface area contributed by atoms with Crippen LogP contribution in [0.1, 0.15) is 49.3 Å². The fraction of sp³-hybridized carbons (Fsp3) is 0.333. The van der Waals surface area contributed by atoms with Crippen LogP contribution < -0.4 is 0 Å². The molecule has 36 heavy (non-hydrogen) atoms. The fourth-order valence-corrected chi connectivity index (χ4v) is 4.28. The second kappa shape index (κ2) is 9.88. The molecule has 1 saturated heterocycles. The summed E-state index contributed by atoms with van der Waals surface area (Å²) in [6.45, 7) is 3.11. The van der Waals surface area contributed by atoms with E-state index in [1.54, 1.807) is 13.1 Å². The number of nitrogens with zero attached hydrogens (tertiary/aromatic N) is 7. The molecule has 1 amide bonds. The summed E-state index contributed by atoms with van der Waals surface area (Å²) in [6.07, 6.45) is 1.89. The molecular weight excluding hydrogens is 475 g/mol. The molecule has 9 nitrogen and oxygen atoms in total. The molecule has 0 bridgehead atoms. The summed E-state index contributed by atoms with van der Waals surface area (Å²) in [7, 11) is 0. The third kappa shape index (κ3) is 4.97. The SMILES string of the molecule is CC(=O)N1CCC(c2cccc(-c3cn(Cc4ncc(-c5nnc(C(F)F)o5)cc4F)nn3)c2)CC1. The first kappa shape index (κ1) is 23.6. The molecule has 186 valence electrons. The van der Waals surface area contributed by atoms with Crippen LogP contribution in [0, 0.1) is 5.82 Å². The number of amides is 1. The molecule has 0 radical (unpaired) electrons. The maximum Gasteiger partial charge on any atom is 0.314 e. The number of hydrogen-bond acceptors (Lipinski definition) is 7. The largest absolute Gasteiger partial charge is 0.415 e. The molecule has 0 saturated carbocycles. The van der Waals surface area contributed by atoms with Crippen LogP contribution in [0.15, 0.2) is 47.1 Å². The second-order valence-corrected chi connectivity index (χ2v) is 8.61. The lowest BCUT2D eigenvalue weighted by atomic mass is 9.88. The number of benzene rings is 1. The van der Waals surface area contributed by atoms with E-state index in [0.29, 0.717) is 11.6 Å². The highest BCUT2D eigenvalue weighted by Crippen LogP contribution is 2.30. The molecule has 0 unspecified atom stereocenters. The average Bonchev–Trinajstić information content (AvgIpc) is 3.56. The van der Waals surface area contributed by atoms with Gasteiger partial charge in [0.15, 0.2) is 0 Å². The van der Waals surface area contributed by atoms with Crippen molar-refractivity contribution in [1.82, 2.24) is 35.1 Å².